The minimum absolute atomic E-state index is 0.207. The third kappa shape index (κ3) is 3.87. The number of carbonyl (C=O) groups excluding carboxylic acids is 2. The number of aryl methyl sites for hydroxylation is 2. The van der Waals surface area contributed by atoms with E-state index in [2.05, 4.69) is 5.32 Å². The molecular formula is C22H23NO4. The molecule has 0 aliphatic rings. The number of fused-ring (bicyclic) bond motifs is 1. The topological polar surface area (TPSA) is 68.5 Å². The first-order valence-electron chi connectivity index (χ1n) is 8.89. The second-order valence-electron chi connectivity index (χ2n) is 6.65. The molecule has 0 saturated carbocycles. The smallest absolute Gasteiger partial charge is 0.342 e. The van der Waals surface area contributed by atoms with Gasteiger partial charge in [-0.2, -0.15) is 0 Å². The molecule has 0 radical (unpaired) electrons. The Hall–Kier alpha value is -3.08. The lowest BCUT2D eigenvalue weighted by Gasteiger charge is -2.16. The van der Waals surface area contributed by atoms with Crippen molar-refractivity contribution >= 4 is 22.6 Å². The Bertz CT molecular complexity index is 997. The van der Waals surface area contributed by atoms with E-state index in [-0.39, 0.29) is 18.6 Å². The Morgan fingerprint density at radius 3 is 2.44 bits per heavy atom. The van der Waals surface area contributed by atoms with Gasteiger partial charge in [-0.25, -0.2) is 4.79 Å². The molecule has 1 heterocycles. The second-order valence-corrected chi connectivity index (χ2v) is 6.65. The number of rotatable bonds is 5. The van der Waals surface area contributed by atoms with Crippen molar-refractivity contribution in [3.8, 4) is 0 Å². The third-order valence-corrected chi connectivity index (χ3v) is 4.77. The highest BCUT2D eigenvalue weighted by molar-refractivity contribution is 5.94. The lowest BCUT2D eigenvalue weighted by Crippen LogP contribution is -2.31. The molecule has 0 fully saturated rings. The number of benzene rings is 2. The van der Waals surface area contributed by atoms with E-state index in [0.29, 0.717) is 17.1 Å². The van der Waals surface area contributed by atoms with E-state index < -0.39 is 5.97 Å². The van der Waals surface area contributed by atoms with Crippen LogP contribution in [-0.4, -0.2) is 18.5 Å². The normalized spacial score (nSPS) is 12.0. The number of carbonyl (C=O) groups is 2. The lowest BCUT2D eigenvalue weighted by molar-refractivity contribution is -0.124. The monoisotopic (exact) mass is 365 g/mol. The van der Waals surface area contributed by atoms with Crippen LogP contribution in [0.2, 0.25) is 0 Å². The molecule has 2 aromatic carbocycles. The first-order chi connectivity index (χ1) is 12.9. The molecule has 1 amide bonds. The van der Waals surface area contributed by atoms with Gasteiger partial charge in [-0.1, -0.05) is 42.5 Å². The number of amides is 1. The van der Waals surface area contributed by atoms with Gasteiger partial charge in [0.2, 0.25) is 0 Å². The molecule has 5 heteroatoms. The fourth-order valence-corrected chi connectivity index (χ4v) is 3.29. The van der Waals surface area contributed by atoms with Crippen molar-refractivity contribution in [3.05, 3.63) is 70.7 Å². The van der Waals surface area contributed by atoms with E-state index in [9.17, 15) is 9.59 Å². The number of nitrogens with one attached hydrogen (secondary N) is 1. The van der Waals surface area contributed by atoms with Crippen molar-refractivity contribution in [3.63, 3.8) is 0 Å². The SMILES string of the molecule is Cc1oc(C)c(C(=O)OCC(=O)N[C@@H](C)c2cccc3ccccc23)c1C. The minimum atomic E-state index is -0.546. The van der Waals surface area contributed by atoms with Crippen molar-refractivity contribution in [2.24, 2.45) is 0 Å². The average Bonchev–Trinajstić information content (AvgIpc) is 2.91. The third-order valence-electron chi connectivity index (χ3n) is 4.77. The van der Waals surface area contributed by atoms with E-state index in [1.807, 2.05) is 49.4 Å². The van der Waals surface area contributed by atoms with Crippen molar-refractivity contribution in [1.29, 1.82) is 0 Å². The van der Waals surface area contributed by atoms with E-state index in [4.69, 9.17) is 9.15 Å². The van der Waals surface area contributed by atoms with Gasteiger partial charge in [0.25, 0.3) is 5.91 Å². The molecule has 3 aromatic rings. The molecule has 0 spiro atoms. The summed E-state index contributed by atoms with van der Waals surface area (Å²) in [7, 11) is 0. The van der Waals surface area contributed by atoms with Crippen LogP contribution in [0.1, 0.15) is 46.0 Å². The molecular weight excluding hydrogens is 342 g/mol. The summed E-state index contributed by atoms with van der Waals surface area (Å²) in [6.07, 6.45) is 0. The number of esters is 1. The zero-order valence-corrected chi connectivity index (χ0v) is 16.0. The molecule has 0 bridgehead atoms. The largest absolute Gasteiger partial charge is 0.465 e. The summed E-state index contributed by atoms with van der Waals surface area (Å²) in [6.45, 7) is 6.87. The summed E-state index contributed by atoms with van der Waals surface area (Å²) in [6, 6.07) is 13.8. The Kier molecular flexibility index (Phi) is 5.31. The van der Waals surface area contributed by atoms with Crippen LogP contribution in [0.25, 0.3) is 10.8 Å². The number of ether oxygens (including phenoxy) is 1. The van der Waals surface area contributed by atoms with Gasteiger partial charge in [-0.3, -0.25) is 4.79 Å². The highest BCUT2D eigenvalue weighted by Gasteiger charge is 2.21. The number of hydrogen-bond donors (Lipinski definition) is 1. The summed E-state index contributed by atoms with van der Waals surface area (Å²) in [4.78, 5) is 24.5. The maximum Gasteiger partial charge on any atom is 0.342 e. The van der Waals surface area contributed by atoms with Crippen molar-refractivity contribution in [2.45, 2.75) is 33.7 Å². The summed E-state index contributed by atoms with van der Waals surface area (Å²) in [5.41, 5.74) is 2.15. The molecule has 1 atom stereocenters. The fraction of sp³-hybridized carbons (Fsp3) is 0.273. The summed E-state index contributed by atoms with van der Waals surface area (Å²) in [5.74, 6) is 0.280. The van der Waals surface area contributed by atoms with Crippen LogP contribution in [-0.2, 0) is 9.53 Å². The second kappa shape index (κ2) is 7.66. The Balaban J connectivity index is 1.64. The van der Waals surface area contributed by atoms with Gasteiger partial charge in [0.05, 0.1) is 6.04 Å². The van der Waals surface area contributed by atoms with Gasteiger partial charge in [0, 0.05) is 5.56 Å². The Morgan fingerprint density at radius 2 is 1.74 bits per heavy atom. The maximum absolute atomic E-state index is 12.3. The highest BCUT2D eigenvalue weighted by atomic mass is 16.5. The molecule has 0 aliphatic carbocycles. The van der Waals surface area contributed by atoms with Gasteiger partial charge in [0.1, 0.15) is 17.1 Å². The van der Waals surface area contributed by atoms with E-state index in [1.165, 1.54) is 0 Å². The predicted molar refractivity (Wildman–Crippen MR) is 104 cm³/mol. The van der Waals surface area contributed by atoms with E-state index in [1.54, 1.807) is 20.8 Å². The Morgan fingerprint density at radius 1 is 1.04 bits per heavy atom. The molecule has 0 aliphatic heterocycles. The van der Waals surface area contributed by atoms with Crippen molar-refractivity contribution in [1.82, 2.24) is 5.32 Å². The Labute approximate surface area is 158 Å². The van der Waals surface area contributed by atoms with Crippen molar-refractivity contribution < 1.29 is 18.7 Å². The van der Waals surface area contributed by atoms with Crippen LogP contribution in [0.4, 0.5) is 0 Å². The molecule has 0 unspecified atom stereocenters. The van der Waals surface area contributed by atoms with Crippen molar-refractivity contribution in [2.75, 3.05) is 6.61 Å². The molecule has 140 valence electrons. The molecule has 5 nitrogen and oxygen atoms in total. The maximum atomic E-state index is 12.3. The summed E-state index contributed by atoms with van der Waals surface area (Å²) < 4.78 is 10.6. The molecule has 27 heavy (non-hydrogen) atoms. The van der Waals surface area contributed by atoms with E-state index >= 15 is 0 Å². The molecule has 1 aromatic heterocycles. The minimum Gasteiger partial charge on any atom is -0.465 e. The number of hydrogen-bond acceptors (Lipinski definition) is 4. The standard InChI is InChI=1S/C22H23NO4/c1-13-15(3)27-16(4)21(13)22(25)26-12-20(24)23-14(2)18-11-7-9-17-8-5-6-10-19(17)18/h5-11,14H,12H2,1-4H3,(H,23,24)/t14-/m0/s1. The van der Waals surface area contributed by atoms with Gasteiger partial charge in [-0.15, -0.1) is 0 Å². The number of furan rings is 1. The van der Waals surface area contributed by atoms with Gasteiger partial charge >= 0.3 is 5.97 Å². The predicted octanol–water partition coefficient (Wildman–Crippen LogP) is 4.39. The first-order valence-corrected chi connectivity index (χ1v) is 8.89. The van der Waals surface area contributed by atoms with Gasteiger partial charge in [-0.05, 0) is 44.0 Å². The van der Waals surface area contributed by atoms with E-state index in [0.717, 1.165) is 21.9 Å². The van der Waals surface area contributed by atoms with Crippen LogP contribution in [0.5, 0.6) is 0 Å². The zero-order valence-electron chi connectivity index (χ0n) is 16.0. The lowest BCUT2D eigenvalue weighted by atomic mass is 10.00. The highest BCUT2D eigenvalue weighted by Crippen LogP contribution is 2.24. The quantitative estimate of drug-likeness (QED) is 0.681. The van der Waals surface area contributed by atoms with Crippen LogP contribution < -0.4 is 5.32 Å². The first kappa shape index (κ1) is 18.7. The van der Waals surface area contributed by atoms with Crippen LogP contribution in [0.3, 0.4) is 0 Å². The fourth-order valence-electron chi connectivity index (χ4n) is 3.29. The zero-order chi connectivity index (χ0) is 19.6. The van der Waals surface area contributed by atoms with Crippen LogP contribution in [0, 0.1) is 20.8 Å². The summed E-state index contributed by atoms with van der Waals surface area (Å²) in [5, 5.41) is 5.09. The molecule has 1 N–H and O–H groups in total. The van der Waals surface area contributed by atoms with Crippen LogP contribution >= 0.6 is 0 Å². The molecule has 0 saturated heterocycles. The van der Waals surface area contributed by atoms with Crippen LogP contribution in [0.15, 0.2) is 46.9 Å². The summed E-state index contributed by atoms with van der Waals surface area (Å²) >= 11 is 0. The van der Waals surface area contributed by atoms with Gasteiger partial charge in [0.15, 0.2) is 6.61 Å². The average molecular weight is 365 g/mol. The van der Waals surface area contributed by atoms with Gasteiger partial charge < -0.3 is 14.5 Å². The molecule has 3 rings (SSSR count).